The first-order chi connectivity index (χ1) is 8.13. The molecule has 2 fully saturated rings. The van der Waals surface area contributed by atoms with Crippen molar-refractivity contribution < 1.29 is 14.3 Å². The maximum Gasteiger partial charge on any atom is 0.242 e. The number of likely N-dealkylation sites (N-methyl/N-ethyl adjacent to an activating group) is 1. The van der Waals surface area contributed by atoms with Gasteiger partial charge in [0.25, 0.3) is 0 Å². The second-order valence-electron chi connectivity index (χ2n) is 5.03. The van der Waals surface area contributed by atoms with Gasteiger partial charge in [0.1, 0.15) is 0 Å². The van der Waals surface area contributed by atoms with Crippen LogP contribution in [-0.2, 0) is 14.3 Å². The van der Waals surface area contributed by atoms with E-state index in [-0.39, 0.29) is 11.9 Å². The fourth-order valence-electron chi connectivity index (χ4n) is 2.54. The average Bonchev–Trinajstić information content (AvgIpc) is 2.39. The Labute approximate surface area is 102 Å². The van der Waals surface area contributed by atoms with Crippen molar-refractivity contribution in [3.05, 3.63) is 0 Å². The molecule has 2 aliphatic heterocycles. The van der Waals surface area contributed by atoms with Crippen molar-refractivity contribution in [3.8, 4) is 0 Å². The number of hydrogen-bond donors (Lipinski definition) is 1. The quantitative estimate of drug-likeness (QED) is 0.747. The molecule has 2 N–H and O–H groups in total. The van der Waals surface area contributed by atoms with Gasteiger partial charge < -0.3 is 20.1 Å². The van der Waals surface area contributed by atoms with Crippen LogP contribution in [0.2, 0.25) is 0 Å². The van der Waals surface area contributed by atoms with Crippen LogP contribution in [0.4, 0.5) is 0 Å². The van der Waals surface area contributed by atoms with E-state index < -0.39 is 5.54 Å². The number of nitrogens with two attached hydrogens (primary N) is 1. The number of carbonyl (C=O) groups excluding carboxylic acids is 1. The van der Waals surface area contributed by atoms with Crippen molar-refractivity contribution in [1.82, 2.24) is 4.90 Å². The summed E-state index contributed by atoms with van der Waals surface area (Å²) in [6.07, 6.45) is 3.07. The topological polar surface area (TPSA) is 64.8 Å². The van der Waals surface area contributed by atoms with Gasteiger partial charge in [0, 0.05) is 39.5 Å². The molecule has 0 aromatic carbocycles. The molecule has 0 atom stereocenters. The summed E-state index contributed by atoms with van der Waals surface area (Å²) in [7, 11) is 1.86. The first kappa shape index (κ1) is 12.8. The van der Waals surface area contributed by atoms with Crippen molar-refractivity contribution >= 4 is 5.91 Å². The Kier molecular flexibility index (Phi) is 4.01. The van der Waals surface area contributed by atoms with Gasteiger partial charge in [-0.25, -0.2) is 0 Å². The van der Waals surface area contributed by atoms with Gasteiger partial charge in [-0.3, -0.25) is 4.79 Å². The second-order valence-corrected chi connectivity index (χ2v) is 5.03. The van der Waals surface area contributed by atoms with Gasteiger partial charge in [-0.15, -0.1) is 0 Å². The van der Waals surface area contributed by atoms with Crippen molar-refractivity contribution in [2.45, 2.75) is 37.3 Å². The molecule has 2 heterocycles. The molecule has 98 valence electrons. The van der Waals surface area contributed by atoms with E-state index in [1.807, 2.05) is 11.9 Å². The Balaban J connectivity index is 1.97. The molecule has 1 amide bonds. The molecule has 0 aromatic heterocycles. The van der Waals surface area contributed by atoms with Gasteiger partial charge in [0.05, 0.1) is 5.54 Å². The Bertz CT molecular complexity index is 271. The Hall–Kier alpha value is -0.650. The molecule has 17 heavy (non-hydrogen) atoms. The number of amides is 1. The van der Waals surface area contributed by atoms with Gasteiger partial charge in [-0.1, -0.05) is 0 Å². The number of carbonyl (C=O) groups is 1. The summed E-state index contributed by atoms with van der Waals surface area (Å²) < 4.78 is 10.6. The van der Waals surface area contributed by atoms with Crippen LogP contribution in [0.5, 0.6) is 0 Å². The Morgan fingerprint density at radius 1 is 1.18 bits per heavy atom. The molecule has 5 heteroatoms. The monoisotopic (exact) mass is 242 g/mol. The maximum atomic E-state index is 12.4. The lowest BCUT2D eigenvalue weighted by Gasteiger charge is -2.39. The van der Waals surface area contributed by atoms with Crippen LogP contribution >= 0.6 is 0 Å². The molecule has 0 aliphatic carbocycles. The van der Waals surface area contributed by atoms with Crippen molar-refractivity contribution in [2.24, 2.45) is 5.73 Å². The van der Waals surface area contributed by atoms with Crippen LogP contribution in [0.15, 0.2) is 0 Å². The van der Waals surface area contributed by atoms with Crippen molar-refractivity contribution in [1.29, 1.82) is 0 Å². The van der Waals surface area contributed by atoms with Crippen molar-refractivity contribution in [3.63, 3.8) is 0 Å². The number of nitrogens with zero attached hydrogens (tertiary/aromatic N) is 1. The summed E-state index contributed by atoms with van der Waals surface area (Å²) in [5.41, 5.74) is 5.49. The number of ether oxygens (including phenoxy) is 2. The van der Waals surface area contributed by atoms with Gasteiger partial charge in [-0.2, -0.15) is 0 Å². The first-order valence-corrected chi connectivity index (χ1v) is 6.35. The minimum Gasteiger partial charge on any atom is -0.381 e. The third kappa shape index (κ3) is 2.78. The lowest BCUT2D eigenvalue weighted by atomic mass is 9.89. The summed E-state index contributed by atoms with van der Waals surface area (Å²) in [6.45, 7) is 2.65. The molecule has 0 spiro atoms. The third-order valence-electron chi connectivity index (χ3n) is 3.87. The summed E-state index contributed by atoms with van der Waals surface area (Å²) in [5, 5.41) is 0. The van der Waals surface area contributed by atoms with Gasteiger partial charge in [0.2, 0.25) is 5.91 Å². The maximum absolute atomic E-state index is 12.4. The van der Waals surface area contributed by atoms with Gasteiger partial charge in [-0.05, 0) is 25.7 Å². The average molecular weight is 242 g/mol. The molecule has 0 saturated carbocycles. The zero-order valence-electron chi connectivity index (χ0n) is 10.5. The molecule has 2 saturated heterocycles. The molecule has 5 nitrogen and oxygen atoms in total. The molecule has 0 bridgehead atoms. The third-order valence-corrected chi connectivity index (χ3v) is 3.87. The summed E-state index contributed by atoms with van der Waals surface area (Å²) in [6, 6.07) is 0.277. The minimum absolute atomic E-state index is 0.0627. The fraction of sp³-hybridized carbons (Fsp3) is 0.917. The predicted octanol–water partition coefficient (Wildman–Crippen LogP) is 0.132. The molecule has 0 aromatic rings. The lowest BCUT2D eigenvalue weighted by Crippen LogP contribution is -2.59. The minimum atomic E-state index is -0.717. The van der Waals surface area contributed by atoms with Crippen molar-refractivity contribution in [2.75, 3.05) is 33.5 Å². The Morgan fingerprint density at radius 2 is 1.71 bits per heavy atom. The van der Waals surface area contributed by atoms with Crippen LogP contribution in [0.3, 0.4) is 0 Å². The van der Waals surface area contributed by atoms with Gasteiger partial charge in [0.15, 0.2) is 0 Å². The predicted molar refractivity (Wildman–Crippen MR) is 63.6 cm³/mol. The zero-order valence-corrected chi connectivity index (χ0v) is 10.5. The van der Waals surface area contributed by atoms with E-state index in [2.05, 4.69) is 0 Å². The van der Waals surface area contributed by atoms with E-state index in [0.29, 0.717) is 26.1 Å². The first-order valence-electron chi connectivity index (χ1n) is 6.35. The van der Waals surface area contributed by atoms with E-state index >= 15 is 0 Å². The Morgan fingerprint density at radius 3 is 2.29 bits per heavy atom. The molecule has 2 rings (SSSR count). The normalized spacial score (nSPS) is 25.5. The second kappa shape index (κ2) is 5.33. The van der Waals surface area contributed by atoms with Crippen LogP contribution in [0, 0.1) is 0 Å². The van der Waals surface area contributed by atoms with E-state index in [1.165, 1.54) is 0 Å². The SMILES string of the molecule is CN(C(=O)C1(N)CCOCC1)C1CCOCC1. The fourth-order valence-corrected chi connectivity index (χ4v) is 2.54. The summed E-state index contributed by atoms with van der Waals surface area (Å²) in [5.74, 6) is 0.0627. The molecule has 0 unspecified atom stereocenters. The molecule has 0 radical (unpaired) electrons. The van der Waals surface area contributed by atoms with Crippen LogP contribution in [0.1, 0.15) is 25.7 Å². The lowest BCUT2D eigenvalue weighted by molar-refractivity contribution is -0.143. The zero-order chi connectivity index (χ0) is 12.3. The molecular formula is C12H22N2O3. The van der Waals surface area contributed by atoms with Crippen LogP contribution < -0.4 is 5.73 Å². The van der Waals surface area contributed by atoms with E-state index in [9.17, 15) is 4.79 Å². The summed E-state index contributed by atoms with van der Waals surface area (Å²) >= 11 is 0. The van der Waals surface area contributed by atoms with E-state index in [0.717, 1.165) is 26.1 Å². The standard InChI is InChI=1S/C12H22N2O3/c1-14(10-2-6-16-7-3-10)11(15)12(13)4-8-17-9-5-12/h10H,2-9,13H2,1H3. The highest BCUT2D eigenvalue weighted by Crippen LogP contribution is 2.23. The highest BCUT2D eigenvalue weighted by atomic mass is 16.5. The highest BCUT2D eigenvalue weighted by molar-refractivity contribution is 5.86. The van der Waals surface area contributed by atoms with E-state index in [1.54, 1.807) is 0 Å². The largest absolute Gasteiger partial charge is 0.381 e. The number of hydrogen-bond acceptors (Lipinski definition) is 4. The van der Waals surface area contributed by atoms with Crippen LogP contribution in [-0.4, -0.2) is 55.9 Å². The molecule has 2 aliphatic rings. The number of rotatable bonds is 2. The van der Waals surface area contributed by atoms with Gasteiger partial charge >= 0.3 is 0 Å². The summed E-state index contributed by atoms with van der Waals surface area (Å²) in [4.78, 5) is 14.3. The van der Waals surface area contributed by atoms with E-state index in [4.69, 9.17) is 15.2 Å². The molecular weight excluding hydrogens is 220 g/mol. The highest BCUT2D eigenvalue weighted by Gasteiger charge is 2.39. The van der Waals surface area contributed by atoms with Crippen LogP contribution in [0.25, 0.3) is 0 Å². The smallest absolute Gasteiger partial charge is 0.242 e.